The fourth-order valence-corrected chi connectivity index (χ4v) is 2.52. The molecule has 2 aromatic rings. The summed E-state index contributed by atoms with van der Waals surface area (Å²) in [7, 11) is 0. The van der Waals surface area contributed by atoms with Gasteiger partial charge in [-0.25, -0.2) is 14.8 Å². The summed E-state index contributed by atoms with van der Waals surface area (Å²) in [6.07, 6.45) is 6.33. The molecule has 3 rings (SSSR count). The average Bonchev–Trinajstić information content (AvgIpc) is 2.43. The van der Waals surface area contributed by atoms with Gasteiger partial charge >= 0.3 is 6.09 Å². The van der Waals surface area contributed by atoms with Crippen LogP contribution in [0.4, 0.5) is 10.6 Å². The number of alkyl carbamates (subject to hydrolysis) is 1. The number of aromatic nitrogens is 3. The zero-order valence-corrected chi connectivity index (χ0v) is 13.5. The highest BCUT2D eigenvalue weighted by atomic mass is 16.6. The van der Waals surface area contributed by atoms with Crippen molar-refractivity contribution in [3.8, 4) is 0 Å². The average molecular weight is 315 g/mol. The van der Waals surface area contributed by atoms with Crippen LogP contribution in [0.3, 0.4) is 0 Å². The largest absolute Gasteiger partial charge is 0.444 e. The van der Waals surface area contributed by atoms with Crippen LogP contribution in [0, 0.1) is 0 Å². The lowest BCUT2D eigenvalue weighted by Crippen LogP contribution is -2.50. The van der Waals surface area contributed by atoms with E-state index in [4.69, 9.17) is 4.74 Å². The molecule has 2 N–H and O–H groups in total. The normalized spacial score (nSPS) is 20.7. The van der Waals surface area contributed by atoms with E-state index in [1.54, 1.807) is 18.6 Å². The maximum Gasteiger partial charge on any atom is 0.407 e. The van der Waals surface area contributed by atoms with Crippen molar-refractivity contribution < 1.29 is 9.53 Å². The van der Waals surface area contributed by atoms with Gasteiger partial charge in [0, 0.05) is 30.7 Å². The van der Waals surface area contributed by atoms with Gasteiger partial charge in [0.15, 0.2) is 5.82 Å². The van der Waals surface area contributed by atoms with Crippen LogP contribution in [-0.2, 0) is 4.74 Å². The number of carbonyl (C=O) groups excluding carboxylic acids is 1. The fourth-order valence-electron chi connectivity index (χ4n) is 2.52. The van der Waals surface area contributed by atoms with Crippen molar-refractivity contribution >= 4 is 22.9 Å². The molecule has 0 radical (unpaired) electrons. The lowest BCUT2D eigenvalue weighted by Gasteiger charge is -2.36. The lowest BCUT2D eigenvalue weighted by atomic mass is 9.87. The molecule has 0 aliphatic heterocycles. The number of amides is 1. The smallest absolute Gasteiger partial charge is 0.407 e. The Morgan fingerprint density at radius 3 is 2.61 bits per heavy atom. The molecular weight excluding hydrogens is 294 g/mol. The van der Waals surface area contributed by atoms with Gasteiger partial charge in [-0.1, -0.05) is 0 Å². The number of hydrogen-bond donors (Lipinski definition) is 2. The number of nitrogens with one attached hydrogen (secondary N) is 2. The second kappa shape index (κ2) is 5.98. The summed E-state index contributed by atoms with van der Waals surface area (Å²) in [6, 6.07) is 2.22. The molecule has 2 aromatic heterocycles. The maximum atomic E-state index is 11.7. The molecule has 0 unspecified atom stereocenters. The number of ether oxygens (including phenoxy) is 1. The standard InChI is InChI=1S/C16H21N5O2/c1-16(2,3)23-15(22)21-11-8-10(9-11)20-14-13-12(4-5-19-14)17-6-7-18-13/h4-7,10-11H,8-9H2,1-3H3,(H,19,20)(H,21,22). The van der Waals surface area contributed by atoms with E-state index in [0.29, 0.717) is 0 Å². The number of rotatable bonds is 3. The summed E-state index contributed by atoms with van der Waals surface area (Å²) in [5.74, 6) is 0.733. The first-order valence-corrected chi connectivity index (χ1v) is 7.72. The van der Waals surface area contributed by atoms with Crippen LogP contribution in [0.15, 0.2) is 24.7 Å². The molecule has 1 fully saturated rings. The van der Waals surface area contributed by atoms with Gasteiger partial charge in [-0.05, 0) is 39.7 Å². The lowest BCUT2D eigenvalue weighted by molar-refractivity contribution is 0.0475. The number of anilines is 1. The van der Waals surface area contributed by atoms with E-state index in [1.165, 1.54) is 0 Å². The van der Waals surface area contributed by atoms with E-state index in [-0.39, 0.29) is 18.2 Å². The predicted molar refractivity (Wildman–Crippen MR) is 87.1 cm³/mol. The van der Waals surface area contributed by atoms with Crippen LogP contribution < -0.4 is 10.6 Å². The molecule has 7 nitrogen and oxygen atoms in total. The Bertz CT molecular complexity index is 702. The van der Waals surface area contributed by atoms with Crippen LogP contribution in [0.2, 0.25) is 0 Å². The van der Waals surface area contributed by atoms with Gasteiger partial charge in [0.2, 0.25) is 0 Å². The molecule has 1 amide bonds. The van der Waals surface area contributed by atoms with Crippen molar-refractivity contribution in [3.05, 3.63) is 24.7 Å². The Hall–Kier alpha value is -2.44. The number of hydrogen-bond acceptors (Lipinski definition) is 6. The zero-order valence-electron chi connectivity index (χ0n) is 13.5. The van der Waals surface area contributed by atoms with Crippen molar-refractivity contribution in [2.24, 2.45) is 0 Å². The highest BCUT2D eigenvalue weighted by Crippen LogP contribution is 2.26. The molecule has 1 aliphatic carbocycles. The molecule has 2 heterocycles. The third-order valence-corrected chi connectivity index (χ3v) is 3.59. The third-order valence-electron chi connectivity index (χ3n) is 3.59. The second-order valence-electron chi connectivity index (χ2n) is 6.74. The summed E-state index contributed by atoms with van der Waals surface area (Å²) < 4.78 is 5.25. The Morgan fingerprint density at radius 1 is 1.13 bits per heavy atom. The highest BCUT2D eigenvalue weighted by molar-refractivity contribution is 5.84. The summed E-state index contributed by atoms with van der Waals surface area (Å²) in [6.45, 7) is 5.56. The van der Waals surface area contributed by atoms with Gasteiger partial charge in [-0.15, -0.1) is 0 Å². The summed E-state index contributed by atoms with van der Waals surface area (Å²) in [5.41, 5.74) is 1.10. The first-order chi connectivity index (χ1) is 10.9. The molecule has 1 saturated carbocycles. The van der Waals surface area contributed by atoms with Gasteiger partial charge in [0.05, 0.1) is 5.52 Å². The van der Waals surface area contributed by atoms with Crippen LogP contribution in [-0.4, -0.2) is 38.7 Å². The number of carbonyl (C=O) groups is 1. The molecular formula is C16H21N5O2. The quantitative estimate of drug-likeness (QED) is 0.904. The van der Waals surface area contributed by atoms with E-state index in [0.717, 1.165) is 29.7 Å². The molecule has 0 atom stereocenters. The van der Waals surface area contributed by atoms with Crippen LogP contribution in [0.1, 0.15) is 33.6 Å². The Kier molecular flexibility index (Phi) is 4.02. The van der Waals surface area contributed by atoms with Crippen molar-refractivity contribution in [1.82, 2.24) is 20.3 Å². The van der Waals surface area contributed by atoms with E-state index in [9.17, 15) is 4.79 Å². The minimum atomic E-state index is -0.475. The van der Waals surface area contributed by atoms with Gasteiger partial charge in [0.1, 0.15) is 11.1 Å². The molecule has 23 heavy (non-hydrogen) atoms. The molecule has 0 aromatic carbocycles. The van der Waals surface area contributed by atoms with Crippen molar-refractivity contribution in [2.45, 2.75) is 51.3 Å². The molecule has 1 aliphatic rings. The molecule has 0 spiro atoms. The van der Waals surface area contributed by atoms with Gasteiger partial charge in [0.25, 0.3) is 0 Å². The van der Waals surface area contributed by atoms with Crippen molar-refractivity contribution in [3.63, 3.8) is 0 Å². The molecule has 0 saturated heterocycles. The van der Waals surface area contributed by atoms with E-state index >= 15 is 0 Å². The highest BCUT2D eigenvalue weighted by Gasteiger charge is 2.32. The Balaban J connectivity index is 1.53. The molecule has 7 heteroatoms. The number of fused-ring (bicyclic) bond motifs is 1. The fraction of sp³-hybridized carbons (Fsp3) is 0.500. The third kappa shape index (κ3) is 3.85. The van der Waals surface area contributed by atoms with Crippen molar-refractivity contribution in [1.29, 1.82) is 0 Å². The minimum absolute atomic E-state index is 0.128. The van der Waals surface area contributed by atoms with E-state index in [1.807, 2.05) is 26.8 Å². The molecule has 0 bridgehead atoms. The minimum Gasteiger partial charge on any atom is -0.444 e. The van der Waals surface area contributed by atoms with Crippen LogP contribution >= 0.6 is 0 Å². The summed E-state index contributed by atoms with van der Waals surface area (Å²) >= 11 is 0. The first-order valence-electron chi connectivity index (χ1n) is 7.72. The Labute approximate surface area is 134 Å². The van der Waals surface area contributed by atoms with E-state index < -0.39 is 5.60 Å². The summed E-state index contributed by atoms with van der Waals surface area (Å²) in [4.78, 5) is 24.6. The van der Waals surface area contributed by atoms with E-state index in [2.05, 4.69) is 25.6 Å². The topological polar surface area (TPSA) is 89.0 Å². The Morgan fingerprint density at radius 2 is 1.87 bits per heavy atom. The number of nitrogens with zero attached hydrogens (tertiary/aromatic N) is 3. The monoisotopic (exact) mass is 315 g/mol. The van der Waals surface area contributed by atoms with Gasteiger partial charge < -0.3 is 15.4 Å². The van der Waals surface area contributed by atoms with Crippen molar-refractivity contribution in [2.75, 3.05) is 5.32 Å². The van der Waals surface area contributed by atoms with Crippen LogP contribution in [0.5, 0.6) is 0 Å². The van der Waals surface area contributed by atoms with Gasteiger partial charge in [-0.3, -0.25) is 4.98 Å². The first kappa shape index (κ1) is 15.5. The number of pyridine rings is 1. The maximum absolute atomic E-state index is 11.7. The molecule has 122 valence electrons. The van der Waals surface area contributed by atoms with Crippen LogP contribution in [0.25, 0.3) is 11.0 Å². The second-order valence-corrected chi connectivity index (χ2v) is 6.74. The summed E-state index contributed by atoms with van der Waals surface area (Å²) in [5, 5.41) is 6.24. The zero-order chi connectivity index (χ0) is 16.4. The van der Waals surface area contributed by atoms with Gasteiger partial charge in [-0.2, -0.15) is 0 Å². The SMILES string of the molecule is CC(C)(C)OC(=O)NC1CC(Nc2nccc3nccnc23)C1. The predicted octanol–water partition coefficient (Wildman–Crippen LogP) is 2.49.